The lowest BCUT2D eigenvalue weighted by molar-refractivity contribution is -0.143. The van der Waals surface area contributed by atoms with E-state index in [9.17, 15) is 40.3 Å². The van der Waals surface area contributed by atoms with Crippen LogP contribution in [0.5, 0.6) is 5.75 Å². The monoisotopic (exact) mass is 604 g/mol. The molecule has 220 valence electrons. The lowest BCUT2D eigenvalue weighted by Crippen LogP contribution is -2.54. The molecule has 2 aromatic carbocycles. The van der Waals surface area contributed by atoms with Gasteiger partial charge in [0.05, 0.1) is 17.2 Å². The van der Waals surface area contributed by atoms with Gasteiger partial charge in [0, 0.05) is 17.1 Å². The van der Waals surface area contributed by atoms with E-state index < -0.39 is 59.0 Å². The first-order chi connectivity index (χ1) is 19.3. The number of aromatic nitrogens is 1. The number of para-hydroxylation sites is 1. The summed E-state index contributed by atoms with van der Waals surface area (Å²) in [6, 6.07) is 4.34. The number of nitrogens with one attached hydrogen (secondary N) is 3. The fourth-order valence-corrected chi connectivity index (χ4v) is 4.95. The van der Waals surface area contributed by atoms with E-state index in [1.165, 1.54) is 23.6 Å². The van der Waals surface area contributed by atoms with Crippen LogP contribution in [-0.2, 0) is 19.0 Å². The number of ether oxygens (including phenoxy) is 1. The molecule has 1 fully saturated rings. The number of alkyl halides is 6. The third-order valence-corrected chi connectivity index (χ3v) is 7.04. The van der Waals surface area contributed by atoms with Gasteiger partial charge in [0.2, 0.25) is 0 Å². The number of thiazole rings is 1. The fraction of sp³-hybridized carbons (Fsp3) is 0.346. The number of nitrogens with zero attached hydrogens (tertiary/aromatic N) is 1. The number of carbonyl (C=O) groups is 2. The predicted molar refractivity (Wildman–Crippen MR) is 135 cm³/mol. The Morgan fingerprint density at radius 1 is 0.927 bits per heavy atom. The molecule has 1 heterocycles. The number of urea groups is 1. The first-order valence-electron chi connectivity index (χ1n) is 12.3. The van der Waals surface area contributed by atoms with E-state index in [1.54, 1.807) is 6.07 Å². The third kappa shape index (κ3) is 8.08. The highest BCUT2D eigenvalue weighted by atomic mass is 32.1. The molecule has 4 rings (SSSR count). The van der Waals surface area contributed by atoms with E-state index in [1.807, 2.05) is 5.32 Å². The summed E-state index contributed by atoms with van der Waals surface area (Å²) in [6.07, 6.45) is -7.86. The predicted octanol–water partition coefficient (Wildman–Crippen LogP) is 6.76. The molecule has 3 amide bonds. The highest BCUT2D eigenvalue weighted by Crippen LogP contribution is 2.37. The lowest BCUT2D eigenvalue weighted by Gasteiger charge is -2.32. The molecular formula is C26H23F7N4O3S. The first kappa shape index (κ1) is 30.1. The number of hydrogen-bond donors (Lipinski definition) is 3. The van der Waals surface area contributed by atoms with Crippen LogP contribution < -0.4 is 20.7 Å². The van der Waals surface area contributed by atoms with Gasteiger partial charge in [0.1, 0.15) is 17.3 Å². The molecule has 1 aliphatic carbocycles. The van der Waals surface area contributed by atoms with Crippen molar-refractivity contribution < 1.29 is 45.1 Å². The molecule has 0 bridgehead atoms. The highest BCUT2D eigenvalue weighted by Gasteiger charge is 2.37. The van der Waals surface area contributed by atoms with Crippen LogP contribution >= 0.6 is 11.3 Å². The van der Waals surface area contributed by atoms with Crippen LogP contribution in [0.1, 0.15) is 52.3 Å². The SMILES string of the molecule is O=C(Nc1cc(C(F)(F)F)cc(C(F)(F)F)c1)N[C@@H]1CCCC[C@H]1NC(=O)c1csc(COc2ccccc2F)n1. The van der Waals surface area contributed by atoms with Gasteiger partial charge in [0.25, 0.3) is 5.91 Å². The first-order valence-corrected chi connectivity index (χ1v) is 13.2. The van der Waals surface area contributed by atoms with Gasteiger partial charge in [-0.1, -0.05) is 25.0 Å². The average molecular weight is 605 g/mol. The average Bonchev–Trinajstić information content (AvgIpc) is 3.37. The number of amides is 3. The van der Waals surface area contributed by atoms with Crippen LogP contribution in [0.15, 0.2) is 47.8 Å². The Bertz CT molecular complexity index is 1360. The molecule has 3 aromatic rings. The summed E-state index contributed by atoms with van der Waals surface area (Å²) in [7, 11) is 0. The van der Waals surface area contributed by atoms with E-state index in [2.05, 4.69) is 15.6 Å². The maximum atomic E-state index is 13.7. The van der Waals surface area contributed by atoms with Crippen molar-refractivity contribution in [2.45, 2.75) is 56.7 Å². The molecule has 7 nitrogen and oxygen atoms in total. The highest BCUT2D eigenvalue weighted by molar-refractivity contribution is 7.09. The van der Waals surface area contributed by atoms with Crippen molar-refractivity contribution in [2.75, 3.05) is 5.32 Å². The molecule has 2 atom stereocenters. The topological polar surface area (TPSA) is 92.4 Å². The van der Waals surface area contributed by atoms with Crippen LogP contribution in [0.3, 0.4) is 0 Å². The normalized spacial score (nSPS) is 17.5. The number of halogens is 7. The Balaban J connectivity index is 1.38. The molecule has 0 saturated heterocycles. The maximum Gasteiger partial charge on any atom is 0.416 e. The van der Waals surface area contributed by atoms with Gasteiger partial charge in [-0.2, -0.15) is 26.3 Å². The van der Waals surface area contributed by atoms with E-state index in [4.69, 9.17) is 4.74 Å². The number of anilines is 1. The zero-order valence-electron chi connectivity index (χ0n) is 21.0. The summed E-state index contributed by atoms with van der Waals surface area (Å²) >= 11 is 1.12. The molecule has 0 spiro atoms. The van der Waals surface area contributed by atoms with Gasteiger partial charge in [-0.15, -0.1) is 11.3 Å². The Labute approximate surface area is 233 Å². The van der Waals surface area contributed by atoms with Gasteiger partial charge in [-0.05, 0) is 43.2 Å². The van der Waals surface area contributed by atoms with E-state index >= 15 is 0 Å². The summed E-state index contributed by atoms with van der Waals surface area (Å²) < 4.78 is 97.9. The Hall–Kier alpha value is -3.88. The van der Waals surface area contributed by atoms with Crippen molar-refractivity contribution in [3.05, 3.63) is 75.5 Å². The third-order valence-electron chi connectivity index (χ3n) is 6.22. The van der Waals surface area contributed by atoms with Crippen molar-refractivity contribution in [3.63, 3.8) is 0 Å². The van der Waals surface area contributed by atoms with Crippen molar-refractivity contribution in [3.8, 4) is 5.75 Å². The second-order valence-corrected chi connectivity index (χ2v) is 10.2. The van der Waals surface area contributed by atoms with E-state index in [-0.39, 0.29) is 24.1 Å². The minimum absolute atomic E-state index is 0.0304. The molecule has 1 saturated carbocycles. The van der Waals surface area contributed by atoms with Crippen molar-refractivity contribution in [2.24, 2.45) is 0 Å². The lowest BCUT2D eigenvalue weighted by atomic mass is 9.90. The van der Waals surface area contributed by atoms with E-state index in [0.29, 0.717) is 42.8 Å². The molecule has 0 aliphatic heterocycles. The quantitative estimate of drug-likeness (QED) is 0.260. The Kier molecular flexibility index (Phi) is 9.05. The molecule has 1 aliphatic rings. The van der Waals surface area contributed by atoms with Crippen LogP contribution in [0.25, 0.3) is 0 Å². The molecule has 3 N–H and O–H groups in total. The summed E-state index contributed by atoms with van der Waals surface area (Å²) in [5, 5.41) is 9.25. The van der Waals surface area contributed by atoms with Gasteiger partial charge < -0.3 is 20.7 Å². The molecular weight excluding hydrogens is 581 g/mol. The summed E-state index contributed by atoms with van der Waals surface area (Å²) in [4.78, 5) is 29.6. The van der Waals surface area contributed by atoms with Crippen LogP contribution in [-0.4, -0.2) is 29.0 Å². The van der Waals surface area contributed by atoms with Crippen LogP contribution in [0.2, 0.25) is 0 Å². The minimum atomic E-state index is -5.06. The van der Waals surface area contributed by atoms with Crippen LogP contribution in [0, 0.1) is 5.82 Å². The number of carbonyl (C=O) groups excluding carboxylic acids is 2. The summed E-state index contributed by atoms with van der Waals surface area (Å²) in [6.45, 7) is -0.0712. The molecule has 0 radical (unpaired) electrons. The second kappa shape index (κ2) is 12.3. The maximum absolute atomic E-state index is 13.7. The molecule has 41 heavy (non-hydrogen) atoms. The fourth-order valence-electron chi connectivity index (χ4n) is 4.26. The number of hydrogen-bond acceptors (Lipinski definition) is 5. The number of benzene rings is 2. The molecule has 0 unspecified atom stereocenters. The van der Waals surface area contributed by atoms with Gasteiger partial charge in [-0.25, -0.2) is 14.2 Å². The number of rotatable bonds is 7. The Morgan fingerprint density at radius 3 is 2.15 bits per heavy atom. The van der Waals surface area contributed by atoms with Crippen molar-refractivity contribution in [1.29, 1.82) is 0 Å². The Morgan fingerprint density at radius 2 is 1.54 bits per heavy atom. The molecule has 1 aromatic heterocycles. The zero-order chi connectivity index (χ0) is 29.8. The summed E-state index contributed by atoms with van der Waals surface area (Å²) in [5.41, 5.74) is -3.74. The minimum Gasteiger partial charge on any atom is -0.483 e. The zero-order valence-corrected chi connectivity index (χ0v) is 21.9. The van der Waals surface area contributed by atoms with Crippen LogP contribution in [0.4, 0.5) is 41.2 Å². The van der Waals surface area contributed by atoms with Gasteiger partial charge in [0.15, 0.2) is 11.6 Å². The molecule has 15 heteroatoms. The standard InChI is InChI=1S/C26H23F7N4O3S/c27-17-5-1-4-8-21(17)40-12-22-35-20(13-41-22)23(38)36-18-6-2-3-7-19(18)37-24(39)34-16-10-14(25(28,29)30)9-15(11-16)26(31,32)33/h1,4-5,8-11,13,18-19H,2-3,6-7,12H2,(H,36,38)(H2,34,37,39)/t18-,19-/m1/s1. The van der Waals surface area contributed by atoms with E-state index in [0.717, 1.165) is 11.3 Å². The second-order valence-electron chi connectivity index (χ2n) is 9.21. The summed E-state index contributed by atoms with van der Waals surface area (Å²) in [5.74, 6) is -1.07. The largest absolute Gasteiger partial charge is 0.483 e. The van der Waals surface area contributed by atoms with Gasteiger partial charge in [-0.3, -0.25) is 4.79 Å². The smallest absolute Gasteiger partial charge is 0.416 e. The van der Waals surface area contributed by atoms with Gasteiger partial charge >= 0.3 is 18.4 Å². The van der Waals surface area contributed by atoms with Crippen molar-refractivity contribution in [1.82, 2.24) is 15.6 Å². The van der Waals surface area contributed by atoms with Crippen molar-refractivity contribution >= 4 is 29.0 Å².